The van der Waals surface area contributed by atoms with Crippen molar-refractivity contribution in [3.63, 3.8) is 0 Å². The van der Waals surface area contributed by atoms with Crippen molar-refractivity contribution in [1.29, 1.82) is 0 Å². The molecule has 1 aromatic heterocycles. The number of rotatable bonds is 7. The number of unbranched alkanes of at least 4 members (excludes halogenated alkanes) is 1. The van der Waals surface area contributed by atoms with E-state index in [2.05, 4.69) is 12.1 Å². The lowest BCUT2D eigenvalue weighted by molar-refractivity contribution is 0.0718. The maximum atomic E-state index is 13.6. The highest BCUT2D eigenvalue weighted by Crippen LogP contribution is 2.24. The van der Waals surface area contributed by atoms with Gasteiger partial charge in [-0.1, -0.05) is 24.9 Å². The van der Waals surface area contributed by atoms with Gasteiger partial charge in [0.25, 0.3) is 5.91 Å². The SMILES string of the molecule is CCCC[C@H]1CCCN1C(=O)c1cc(COc2ccc(F)cc2F)on1. The number of carbonyl (C=O) groups is 1. The fraction of sp³-hybridized carbons (Fsp3) is 0.474. The summed E-state index contributed by atoms with van der Waals surface area (Å²) in [7, 11) is 0. The van der Waals surface area contributed by atoms with Crippen LogP contribution in [0.25, 0.3) is 0 Å². The number of halogens is 2. The van der Waals surface area contributed by atoms with E-state index in [-0.39, 0.29) is 30.0 Å². The van der Waals surface area contributed by atoms with Crippen LogP contribution in [-0.2, 0) is 6.61 Å². The second kappa shape index (κ2) is 8.29. The first-order chi connectivity index (χ1) is 12.6. The zero-order valence-electron chi connectivity index (χ0n) is 14.7. The molecule has 0 saturated carbocycles. The van der Waals surface area contributed by atoms with Crippen LogP contribution in [0.3, 0.4) is 0 Å². The van der Waals surface area contributed by atoms with Crippen molar-refractivity contribution in [3.05, 3.63) is 47.4 Å². The van der Waals surface area contributed by atoms with Crippen LogP contribution in [0.5, 0.6) is 5.75 Å². The van der Waals surface area contributed by atoms with Crippen molar-refractivity contribution in [1.82, 2.24) is 10.1 Å². The highest BCUT2D eigenvalue weighted by molar-refractivity contribution is 5.92. The fourth-order valence-corrected chi connectivity index (χ4v) is 3.21. The minimum atomic E-state index is -0.795. The van der Waals surface area contributed by atoms with Crippen molar-refractivity contribution in [2.45, 2.75) is 51.7 Å². The molecule has 3 rings (SSSR count). The molecule has 1 saturated heterocycles. The molecule has 5 nitrogen and oxygen atoms in total. The van der Waals surface area contributed by atoms with E-state index in [0.29, 0.717) is 5.76 Å². The largest absolute Gasteiger partial charge is 0.482 e. The summed E-state index contributed by atoms with van der Waals surface area (Å²) in [5.41, 5.74) is 0.228. The molecule has 0 aliphatic carbocycles. The van der Waals surface area contributed by atoms with Crippen molar-refractivity contribution < 1.29 is 22.8 Å². The van der Waals surface area contributed by atoms with E-state index in [0.717, 1.165) is 50.8 Å². The van der Waals surface area contributed by atoms with Gasteiger partial charge in [0.1, 0.15) is 12.4 Å². The van der Waals surface area contributed by atoms with Gasteiger partial charge in [0, 0.05) is 24.7 Å². The lowest BCUT2D eigenvalue weighted by Gasteiger charge is -2.23. The van der Waals surface area contributed by atoms with Crippen LogP contribution in [0.15, 0.2) is 28.8 Å². The maximum Gasteiger partial charge on any atom is 0.276 e. The van der Waals surface area contributed by atoms with E-state index in [9.17, 15) is 13.6 Å². The van der Waals surface area contributed by atoms with Crippen LogP contribution in [0, 0.1) is 11.6 Å². The Bertz CT molecular complexity index is 763. The molecule has 140 valence electrons. The molecule has 0 unspecified atom stereocenters. The normalized spacial score (nSPS) is 16.9. The van der Waals surface area contributed by atoms with Gasteiger partial charge in [-0.3, -0.25) is 4.79 Å². The molecule has 7 heteroatoms. The molecule has 1 fully saturated rings. The minimum absolute atomic E-state index is 0.0881. The summed E-state index contributed by atoms with van der Waals surface area (Å²) in [4.78, 5) is 14.5. The molecule has 2 heterocycles. The van der Waals surface area contributed by atoms with Gasteiger partial charge >= 0.3 is 0 Å². The Morgan fingerprint density at radius 1 is 1.38 bits per heavy atom. The summed E-state index contributed by atoms with van der Waals surface area (Å²) in [6.07, 6.45) is 5.21. The summed E-state index contributed by atoms with van der Waals surface area (Å²) < 4.78 is 36.9. The fourth-order valence-electron chi connectivity index (χ4n) is 3.21. The molecule has 1 atom stereocenters. The van der Waals surface area contributed by atoms with E-state index in [1.807, 2.05) is 4.90 Å². The Balaban J connectivity index is 1.61. The standard InChI is InChI=1S/C19H22F2N2O3/c1-2-3-5-14-6-4-9-23(14)19(24)17-11-15(26-22-17)12-25-18-8-7-13(20)10-16(18)21/h7-8,10-11,14H,2-6,9,12H2,1H3/t14-/m0/s1. The summed E-state index contributed by atoms with van der Waals surface area (Å²) in [5, 5.41) is 3.82. The smallest absolute Gasteiger partial charge is 0.276 e. The molecule has 1 amide bonds. The average Bonchev–Trinajstić information content (AvgIpc) is 3.28. The number of ether oxygens (including phenoxy) is 1. The van der Waals surface area contributed by atoms with E-state index >= 15 is 0 Å². The van der Waals surface area contributed by atoms with Gasteiger partial charge in [0.2, 0.25) is 0 Å². The second-order valence-corrected chi connectivity index (χ2v) is 6.48. The van der Waals surface area contributed by atoms with Gasteiger partial charge < -0.3 is 14.2 Å². The number of hydrogen-bond acceptors (Lipinski definition) is 4. The van der Waals surface area contributed by atoms with Gasteiger partial charge in [-0.25, -0.2) is 8.78 Å². The third-order valence-electron chi connectivity index (χ3n) is 4.57. The van der Waals surface area contributed by atoms with Crippen molar-refractivity contribution in [2.24, 2.45) is 0 Å². The summed E-state index contributed by atoms with van der Waals surface area (Å²) in [5.74, 6) is -1.40. The number of amides is 1. The van der Waals surface area contributed by atoms with Crippen LogP contribution >= 0.6 is 0 Å². The van der Waals surface area contributed by atoms with Gasteiger partial charge in [0.05, 0.1) is 0 Å². The third kappa shape index (κ3) is 4.20. The Labute approximate surface area is 150 Å². The van der Waals surface area contributed by atoms with Crippen molar-refractivity contribution in [2.75, 3.05) is 6.54 Å². The summed E-state index contributed by atoms with van der Waals surface area (Å²) in [6.45, 7) is 2.77. The molecule has 1 aliphatic rings. The molecule has 0 bridgehead atoms. The number of hydrogen-bond donors (Lipinski definition) is 0. The van der Waals surface area contributed by atoms with Crippen LogP contribution < -0.4 is 4.74 Å². The number of benzene rings is 1. The molecule has 0 spiro atoms. The zero-order valence-corrected chi connectivity index (χ0v) is 14.7. The molecular weight excluding hydrogens is 342 g/mol. The van der Waals surface area contributed by atoms with Gasteiger partial charge in [-0.2, -0.15) is 0 Å². The highest BCUT2D eigenvalue weighted by Gasteiger charge is 2.30. The molecule has 26 heavy (non-hydrogen) atoms. The zero-order chi connectivity index (χ0) is 18.5. The Kier molecular flexibility index (Phi) is 5.85. The predicted molar refractivity (Wildman–Crippen MR) is 90.8 cm³/mol. The summed E-state index contributed by atoms with van der Waals surface area (Å²) in [6, 6.07) is 4.83. The first-order valence-electron chi connectivity index (χ1n) is 8.93. The van der Waals surface area contributed by atoms with Crippen LogP contribution in [0.1, 0.15) is 55.3 Å². The Morgan fingerprint density at radius 2 is 2.23 bits per heavy atom. The number of aromatic nitrogens is 1. The lowest BCUT2D eigenvalue weighted by atomic mass is 10.1. The quantitative estimate of drug-likeness (QED) is 0.734. The lowest BCUT2D eigenvalue weighted by Crippen LogP contribution is -2.35. The third-order valence-corrected chi connectivity index (χ3v) is 4.57. The van der Waals surface area contributed by atoms with Crippen LogP contribution in [0.4, 0.5) is 8.78 Å². The number of carbonyl (C=O) groups excluding carboxylic acids is 1. The van der Waals surface area contributed by atoms with E-state index in [1.54, 1.807) is 0 Å². The molecular formula is C19H22F2N2O3. The summed E-state index contributed by atoms with van der Waals surface area (Å²) >= 11 is 0. The van der Waals surface area contributed by atoms with Crippen molar-refractivity contribution >= 4 is 5.91 Å². The average molecular weight is 364 g/mol. The van der Waals surface area contributed by atoms with Gasteiger partial charge in [0.15, 0.2) is 23.0 Å². The minimum Gasteiger partial charge on any atom is -0.482 e. The maximum absolute atomic E-state index is 13.6. The molecule has 0 N–H and O–H groups in total. The Hall–Kier alpha value is -2.44. The Morgan fingerprint density at radius 3 is 3.00 bits per heavy atom. The first kappa shape index (κ1) is 18.4. The van der Waals surface area contributed by atoms with Crippen LogP contribution in [0.2, 0.25) is 0 Å². The van der Waals surface area contributed by atoms with E-state index < -0.39 is 11.6 Å². The van der Waals surface area contributed by atoms with Gasteiger partial charge in [-0.15, -0.1) is 0 Å². The van der Waals surface area contributed by atoms with Gasteiger partial charge in [-0.05, 0) is 31.4 Å². The van der Waals surface area contributed by atoms with E-state index in [1.165, 1.54) is 12.1 Å². The highest BCUT2D eigenvalue weighted by atomic mass is 19.1. The molecule has 1 aromatic carbocycles. The second-order valence-electron chi connectivity index (χ2n) is 6.48. The first-order valence-corrected chi connectivity index (χ1v) is 8.93. The topological polar surface area (TPSA) is 55.6 Å². The van der Waals surface area contributed by atoms with Crippen LogP contribution in [-0.4, -0.2) is 28.6 Å². The van der Waals surface area contributed by atoms with Crippen molar-refractivity contribution in [3.8, 4) is 5.75 Å². The number of likely N-dealkylation sites (tertiary alicyclic amines) is 1. The number of nitrogens with zero attached hydrogens (tertiary/aromatic N) is 2. The molecule has 2 aromatic rings. The molecule has 0 radical (unpaired) electrons. The van der Waals surface area contributed by atoms with E-state index in [4.69, 9.17) is 9.26 Å². The predicted octanol–water partition coefficient (Wildman–Crippen LogP) is 4.33. The monoisotopic (exact) mass is 364 g/mol. The molecule has 1 aliphatic heterocycles.